The van der Waals surface area contributed by atoms with E-state index in [9.17, 15) is 0 Å². The van der Waals surface area contributed by atoms with E-state index in [1.165, 1.54) is 43.4 Å². The second-order valence-corrected chi connectivity index (χ2v) is 5.66. The van der Waals surface area contributed by atoms with Gasteiger partial charge in [-0.25, -0.2) is 0 Å². The fourth-order valence-electron chi connectivity index (χ4n) is 3.17. The van der Waals surface area contributed by atoms with Gasteiger partial charge in [0.2, 0.25) is 0 Å². The number of fused-ring (bicyclic) bond motifs is 4. The van der Waals surface area contributed by atoms with Gasteiger partial charge in [0.05, 0.1) is 0 Å². The van der Waals surface area contributed by atoms with E-state index < -0.39 is 0 Å². The minimum absolute atomic E-state index is 1.31. The minimum Gasteiger partial charge on any atom is -0.0614 e. The average molecular weight is 256 g/mol. The summed E-state index contributed by atoms with van der Waals surface area (Å²) in [5, 5.41) is 8.03. The third-order valence-electron chi connectivity index (χ3n) is 4.18. The van der Waals surface area contributed by atoms with Crippen LogP contribution in [-0.4, -0.2) is 0 Å². The molecule has 0 atom stereocenters. The highest BCUT2D eigenvalue weighted by Crippen LogP contribution is 2.31. The second-order valence-electron chi connectivity index (χ2n) is 5.66. The first kappa shape index (κ1) is 11.5. The van der Waals surface area contributed by atoms with E-state index in [4.69, 9.17) is 0 Å². The molecule has 4 rings (SSSR count). The Kier molecular flexibility index (Phi) is 2.34. The number of hydrogen-bond donors (Lipinski definition) is 0. The summed E-state index contributed by atoms with van der Waals surface area (Å²) in [6, 6.07) is 22.3. The van der Waals surface area contributed by atoms with E-state index in [-0.39, 0.29) is 0 Å². The van der Waals surface area contributed by atoms with E-state index >= 15 is 0 Å². The molecule has 0 unspecified atom stereocenters. The maximum atomic E-state index is 2.33. The summed E-state index contributed by atoms with van der Waals surface area (Å²) in [7, 11) is 0. The topological polar surface area (TPSA) is 0 Å². The molecule has 0 spiro atoms. The fourth-order valence-corrected chi connectivity index (χ4v) is 3.17. The predicted molar refractivity (Wildman–Crippen MR) is 88.4 cm³/mol. The van der Waals surface area contributed by atoms with Crippen LogP contribution in [0.3, 0.4) is 0 Å². The number of benzene rings is 4. The van der Waals surface area contributed by atoms with Crippen molar-refractivity contribution >= 4 is 32.3 Å². The maximum absolute atomic E-state index is 2.33. The van der Waals surface area contributed by atoms with E-state index in [0.29, 0.717) is 0 Å². The molecular formula is C20H16. The van der Waals surface area contributed by atoms with Gasteiger partial charge < -0.3 is 0 Å². The summed E-state index contributed by atoms with van der Waals surface area (Å²) in [6.07, 6.45) is 0. The summed E-state index contributed by atoms with van der Waals surface area (Å²) < 4.78 is 0. The van der Waals surface area contributed by atoms with Crippen LogP contribution in [0.1, 0.15) is 11.1 Å². The van der Waals surface area contributed by atoms with Gasteiger partial charge in [-0.05, 0) is 63.9 Å². The van der Waals surface area contributed by atoms with Gasteiger partial charge in [0.1, 0.15) is 0 Å². The van der Waals surface area contributed by atoms with Crippen LogP contribution in [-0.2, 0) is 0 Å². The van der Waals surface area contributed by atoms with Crippen molar-refractivity contribution in [2.45, 2.75) is 13.8 Å². The van der Waals surface area contributed by atoms with E-state index in [2.05, 4.69) is 74.5 Å². The molecule has 0 heterocycles. The molecule has 0 fully saturated rings. The first-order chi connectivity index (χ1) is 9.72. The van der Waals surface area contributed by atoms with Crippen LogP contribution in [0.15, 0.2) is 60.7 Å². The van der Waals surface area contributed by atoms with Crippen LogP contribution in [0.2, 0.25) is 0 Å². The summed E-state index contributed by atoms with van der Waals surface area (Å²) in [4.78, 5) is 0. The highest BCUT2D eigenvalue weighted by atomic mass is 14.1. The van der Waals surface area contributed by atoms with Gasteiger partial charge >= 0.3 is 0 Å². The van der Waals surface area contributed by atoms with Gasteiger partial charge in [-0.15, -0.1) is 0 Å². The highest BCUT2D eigenvalue weighted by Gasteiger charge is 2.05. The molecule has 0 saturated heterocycles. The van der Waals surface area contributed by atoms with Crippen LogP contribution in [0.25, 0.3) is 32.3 Å². The lowest BCUT2D eigenvalue weighted by molar-refractivity contribution is 1.51. The third kappa shape index (κ3) is 1.61. The summed E-state index contributed by atoms with van der Waals surface area (Å²) in [5.74, 6) is 0. The van der Waals surface area contributed by atoms with Crippen molar-refractivity contribution in [3.63, 3.8) is 0 Å². The monoisotopic (exact) mass is 256 g/mol. The molecule has 0 aliphatic rings. The van der Waals surface area contributed by atoms with Crippen molar-refractivity contribution in [2.24, 2.45) is 0 Å². The van der Waals surface area contributed by atoms with E-state index in [0.717, 1.165) is 0 Å². The lowest BCUT2D eigenvalue weighted by Crippen LogP contribution is -1.83. The molecule has 0 amide bonds. The molecular weight excluding hydrogens is 240 g/mol. The lowest BCUT2D eigenvalue weighted by Gasteiger charge is -2.09. The Morgan fingerprint density at radius 1 is 0.600 bits per heavy atom. The first-order valence-electron chi connectivity index (χ1n) is 7.05. The molecule has 96 valence electrons. The quantitative estimate of drug-likeness (QED) is 0.277. The molecule has 0 nitrogen and oxygen atoms in total. The van der Waals surface area contributed by atoms with Crippen molar-refractivity contribution < 1.29 is 0 Å². The van der Waals surface area contributed by atoms with Gasteiger partial charge in [-0.3, -0.25) is 0 Å². The number of hydrogen-bond acceptors (Lipinski definition) is 0. The molecule has 20 heavy (non-hydrogen) atoms. The van der Waals surface area contributed by atoms with Crippen LogP contribution >= 0.6 is 0 Å². The zero-order valence-corrected chi connectivity index (χ0v) is 11.8. The molecule has 0 heteroatoms. The highest BCUT2D eigenvalue weighted by molar-refractivity contribution is 6.13. The maximum Gasteiger partial charge on any atom is -0.00759 e. The molecule has 0 bridgehead atoms. The summed E-state index contributed by atoms with van der Waals surface area (Å²) in [5.41, 5.74) is 2.66. The smallest absolute Gasteiger partial charge is 0.00759 e. The Bertz CT molecular complexity index is 962. The largest absolute Gasteiger partial charge is 0.0614 e. The molecule has 0 saturated carbocycles. The molecule has 0 N–H and O–H groups in total. The van der Waals surface area contributed by atoms with Gasteiger partial charge in [-0.2, -0.15) is 0 Å². The fraction of sp³-hybridized carbons (Fsp3) is 0.100. The van der Waals surface area contributed by atoms with Gasteiger partial charge in [0.25, 0.3) is 0 Å². The van der Waals surface area contributed by atoms with Gasteiger partial charge in [0.15, 0.2) is 0 Å². The zero-order valence-electron chi connectivity index (χ0n) is 11.8. The Morgan fingerprint density at radius 3 is 2.30 bits per heavy atom. The van der Waals surface area contributed by atoms with Crippen molar-refractivity contribution in [3.8, 4) is 0 Å². The Labute approximate surface area is 118 Å². The number of rotatable bonds is 0. The lowest BCUT2D eigenvalue weighted by atomic mass is 9.95. The molecule has 0 radical (unpaired) electrons. The molecule has 0 aliphatic carbocycles. The van der Waals surface area contributed by atoms with Gasteiger partial charge in [0, 0.05) is 0 Å². The van der Waals surface area contributed by atoms with Crippen molar-refractivity contribution in [3.05, 3.63) is 71.8 Å². The molecule has 0 aromatic heterocycles. The van der Waals surface area contributed by atoms with Crippen LogP contribution in [0, 0.1) is 13.8 Å². The molecule has 0 aliphatic heterocycles. The Morgan fingerprint density at radius 2 is 1.40 bits per heavy atom. The minimum atomic E-state index is 1.31. The van der Waals surface area contributed by atoms with Crippen molar-refractivity contribution in [1.82, 2.24) is 0 Å². The van der Waals surface area contributed by atoms with E-state index in [1.807, 2.05) is 0 Å². The SMILES string of the molecule is Cc1ccc2cc3c(ccc4cccc(C)c43)cc2c1. The third-order valence-corrected chi connectivity index (χ3v) is 4.18. The standard InChI is InChI=1S/C20H16/c1-13-6-7-16-12-19-17(11-18(16)10-13)9-8-15-5-3-4-14(2)20(15)19/h3-12H,1-2H3. The van der Waals surface area contributed by atoms with E-state index in [1.54, 1.807) is 0 Å². The van der Waals surface area contributed by atoms with Crippen LogP contribution in [0.4, 0.5) is 0 Å². The van der Waals surface area contributed by atoms with Crippen molar-refractivity contribution in [1.29, 1.82) is 0 Å². The number of aryl methyl sites for hydroxylation is 2. The second kappa shape index (κ2) is 4.08. The van der Waals surface area contributed by atoms with Crippen LogP contribution < -0.4 is 0 Å². The molecule has 4 aromatic carbocycles. The first-order valence-corrected chi connectivity index (χ1v) is 7.05. The summed E-state index contributed by atoms with van der Waals surface area (Å²) >= 11 is 0. The Balaban J connectivity index is 2.24. The average Bonchev–Trinajstić information content (AvgIpc) is 2.45. The van der Waals surface area contributed by atoms with Gasteiger partial charge in [-0.1, -0.05) is 54.1 Å². The normalized spacial score (nSPS) is 11.5. The zero-order chi connectivity index (χ0) is 13.7. The van der Waals surface area contributed by atoms with Crippen LogP contribution in [0.5, 0.6) is 0 Å². The Hall–Kier alpha value is -2.34. The summed E-state index contributed by atoms with van der Waals surface area (Å²) in [6.45, 7) is 4.34. The molecule has 4 aromatic rings. The predicted octanol–water partition coefficient (Wildman–Crippen LogP) is 5.76. The van der Waals surface area contributed by atoms with Crippen molar-refractivity contribution in [2.75, 3.05) is 0 Å².